The minimum atomic E-state index is -0.177. The van der Waals surface area contributed by atoms with Crippen molar-refractivity contribution >= 4 is 11.6 Å². The SMILES string of the molecule is O=C(NCCC1CNc2ccccc21)C1CO1. The van der Waals surface area contributed by atoms with Gasteiger partial charge in [-0.25, -0.2) is 0 Å². The summed E-state index contributed by atoms with van der Waals surface area (Å²) in [5.74, 6) is 0.538. The van der Waals surface area contributed by atoms with Crippen LogP contribution in [0.5, 0.6) is 0 Å². The van der Waals surface area contributed by atoms with E-state index in [9.17, 15) is 4.79 Å². The van der Waals surface area contributed by atoms with Crippen LogP contribution in [0.1, 0.15) is 17.9 Å². The van der Waals surface area contributed by atoms with E-state index in [2.05, 4.69) is 28.8 Å². The number of ether oxygens (including phenoxy) is 1. The van der Waals surface area contributed by atoms with Gasteiger partial charge in [-0.3, -0.25) is 4.79 Å². The maximum atomic E-state index is 11.4. The van der Waals surface area contributed by atoms with E-state index in [1.165, 1.54) is 11.3 Å². The molecule has 2 aliphatic rings. The van der Waals surface area contributed by atoms with Gasteiger partial charge in [-0.05, 0) is 18.1 Å². The molecule has 2 N–H and O–H groups in total. The van der Waals surface area contributed by atoms with Crippen LogP contribution in [0.25, 0.3) is 0 Å². The van der Waals surface area contributed by atoms with Crippen molar-refractivity contribution in [2.24, 2.45) is 0 Å². The van der Waals surface area contributed by atoms with Gasteiger partial charge >= 0.3 is 0 Å². The van der Waals surface area contributed by atoms with Gasteiger partial charge in [-0.2, -0.15) is 0 Å². The van der Waals surface area contributed by atoms with Crippen LogP contribution in [0.2, 0.25) is 0 Å². The zero-order valence-corrected chi connectivity index (χ0v) is 9.61. The number of fused-ring (bicyclic) bond motifs is 1. The fourth-order valence-corrected chi connectivity index (χ4v) is 2.30. The minimum Gasteiger partial charge on any atom is -0.384 e. The van der Waals surface area contributed by atoms with Gasteiger partial charge in [0, 0.05) is 24.7 Å². The summed E-state index contributed by atoms with van der Waals surface area (Å²) in [6.45, 7) is 2.27. The molecule has 3 rings (SSSR count). The number of rotatable bonds is 4. The molecule has 2 atom stereocenters. The lowest BCUT2D eigenvalue weighted by Crippen LogP contribution is -2.29. The van der Waals surface area contributed by atoms with E-state index >= 15 is 0 Å². The molecule has 0 saturated carbocycles. The fourth-order valence-electron chi connectivity index (χ4n) is 2.30. The van der Waals surface area contributed by atoms with E-state index in [0.29, 0.717) is 12.5 Å². The van der Waals surface area contributed by atoms with Crippen molar-refractivity contribution in [3.05, 3.63) is 29.8 Å². The third kappa shape index (κ3) is 2.26. The predicted octanol–water partition coefficient (Wildman–Crippen LogP) is 1.10. The molecule has 90 valence electrons. The third-order valence-corrected chi connectivity index (χ3v) is 3.36. The Morgan fingerprint density at radius 2 is 2.29 bits per heavy atom. The minimum absolute atomic E-state index is 0.0317. The lowest BCUT2D eigenvalue weighted by atomic mass is 9.98. The third-order valence-electron chi connectivity index (χ3n) is 3.36. The van der Waals surface area contributed by atoms with Crippen LogP contribution in [0, 0.1) is 0 Å². The average Bonchev–Trinajstić information content (AvgIpc) is 3.12. The molecular weight excluding hydrogens is 216 g/mol. The monoisotopic (exact) mass is 232 g/mol. The predicted molar refractivity (Wildman–Crippen MR) is 65.0 cm³/mol. The number of hydrogen-bond acceptors (Lipinski definition) is 3. The molecule has 1 fully saturated rings. The van der Waals surface area contributed by atoms with Crippen LogP contribution < -0.4 is 10.6 Å². The lowest BCUT2D eigenvalue weighted by molar-refractivity contribution is -0.122. The highest BCUT2D eigenvalue weighted by atomic mass is 16.6. The number of epoxide rings is 1. The van der Waals surface area contributed by atoms with Crippen LogP contribution in [-0.4, -0.2) is 31.7 Å². The van der Waals surface area contributed by atoms with Gasteiger partial charge in [0.1, 0.15) is 0 Å². The molecule has 0 bridgehead atoms. The quantitative estimate of drug-likeness (QED) is 0.764. The summed E-state index contributed by atoms with van der Waals surface area (Å²) in [4.78, 5) is 11.4. The van der Waals surface area contributed by atoms with Gasteiger partial charge in [0.15, 0.2) is 6.10 Å². The van der Waals surface area contributed by atoms with Crippen molar-refractivity contribution in [3.8, 4) is 0 Å². The summed E-state index contributed by atoms with van der Waals surface area (Å²) < 4.78 is 4.92. The Morgan fingerprint density at radius 3 is 3.12 bits per heavy atom. The van der Waals surface area contributed by atoms with Gasteiger partial charge in [0.25, 0.3) is 5.91 Å². The number of amides is 1. The number of carbonyl (C=O) groups is 1. The largest absolute Gasteiger partial charge is 0.384 e. The van der Waals surface area contributed by atoms with Crippen LogP contribution in [0.15, 0.2) is 24.3 Å². The van der Waals surface area contributed by atoms with Crippen molar-refractivity contribution in [2.45, 2.75) is 18.4 Å². The van der Waals surface area contributed by atoms with E-state index in [1.54, 1.807) is 0 Å². The van der Waals surface area contributed by atoms with Gasteiger partial charge < -0.3 is 15.4 Å². The first-order chi connectivity index (χ1) is 8.34. The molecule has 17 heavy (non-hydrogen) atoms. The van der Waals surface area contributed by atoms with Gasteiger partial charge in [-0.1, -0.05) is 18.2 Å². The van der Waals surface area contributed by atoms with Crippen LogP contribution in [0.4, 0.5) is 5.69 Å². The van der Waals surface area contributed by atoms with E-state index < -0.39 is 0 Å². The summed E-state index contributed by atoms with van der Waals surface area (Å²) in [5, 5.41) is 6.30. The fraction of sp³-hybridized carbons (Fsp3) is 0.462. The van der Waals surface area contributed by atoms with Crippen molar-refractivity contribution in [2.75, 3.05) is 25.0 Å². The molecular formula is C13H16N2O2. The summed E-state index contributed by atoms with van der Waals surface area (Å²) in [6.07, 6.45) is 0.798. The molecule has 0 aliphatic carbocycles. The lowest BCUT2D eigenvalue weighted by Gasteiger charge is -2.10. The molecule has 2 heterocycles. The van der Waals surface area contributed by atoms with E-state index in [-0.39, 0.29) is 12.0 Å². The van der Waals surface area contributed by atoms with E-state index in [1.807, 2.05) is 6.07 Å². The zero-order chi connectivity index (χ0) is 11.7. The molecule has 0 spiro atoms. The van der Waals surface area contributed by atoms with Crippen molar-refractivity contribution in [1.29, 1.82) is 0 Å². The number of carbonyl (C=O) groups excluding carboxylic acids is 1. The standard InChI is InChI=1S/C13H16N2O2/c16-13(12-8-17-12)14-6-5-9-7-15-11-4-2-1-3-10(9)11/h1-4,9,12,15H,5-8H2,(H,14,16). The van der Waals surface area contributed by atoms with Crippen LogP contribution in [0.3, 0.4) is 0 Å². The Bertz CT molecular complexity index is 429. The first kappa shape index (κ1) is 10.6. The normalized spacial score (nSPS) is 24.9. The van der Waals surface area contributed by atoms with Gasteiger partial charge in [0.2, 0.25) is 0 Å². The highest BCUT2D eigenvalue weighted by Crippen LogP contribution is 2.32. The Labute approximate surface area is 100 Å². The molecule has 1 aromatic rings. The highest BCUT2D eigenvalue weighted by molar-refractivity contribution is 5.82. The second-order valence-electron chi connectivity index (χ2n) is 4.57. The van der Waals surface area contributed by atoms with Crippen LogP contribution >= 0.6 is 0 Å². The molecule has 0 radical (unpaired) electrons. The Hall–Kier alpha value is -1.55. The Kier molecular flexibility index (Phi) is 2.73. The molecule has 1 aromatic carbocycles. The highest BCUT2D eigenvalue weighted by Gasteiger charge is 2.31. The Balaban J connectivity index is 1.51. The van der Waals surface area contributed by atoms with Gasteiger partial charge in [0.05, 0.1) is 6.61 Å². The first-order valence-corrected chi connectivity index (χ1v) is 6.07. The zero-order valence-electron chi connectivity index (χ0n) is 9.61. The van der Waals surface area contributed by atoms with E-state index in [0.717, 1.165) is 19.5 Å². The summed E-state index contributed by atoms with van der Waals surface area (Å²) >= 11 is 0. The summed E-state index contributed by atoms with van der Waals surface area (Å²) in [6, 6.07) is 8.37. The molecule has 4 nitrogen and oxygen atoms in total. The number of para-hydroxylation sites is 1. The number of nitrogens with one attached hydrogen (secondary N) is 2. The van der Waals surface area contributed by atoms with Crippen LogP contribution in [-0.2, 0) is 9.53 Å². The number of benzene rings is 1. The van der Waals surface area contributed by atoms with Crippen molar-refractivity contribution < 1.29 is 9.53 Å². The Morgan fingerprint density at radius 1 is 1.47 bits per heavy atom. The molecule has 4 heteroatoms. The second kappa shape index (κ2) is 4.37. The maximum absolute atomic E-state index is 11.4. The second-order valence-corrected chi connectivity index (χ2v) is 4.57. The summed E-state index contributed by atoms with van der Waals surface area (Å²) in [5.41, 5.74) is 2.60. The van der Waals surface area contributed by atoms with E-state index in [4.69, 9.17) is 4.74 Å². The molecule has 2 unspecified atom stereocenters. The molecule has 2 aliphatic heterocycles. The van der Waals surface area contributed by atoms with Crippen molar-refractivity contribution in [1.82, 2.24) is 5.32 Å². The maximum Gasteiger partial charge on any atom is 0.251 e. The smallest absolute Gasteiger partial charge is 0.251 e. The number of anilines is 1. The molecule has 0 aromatic heterocycles. The topological polar surface area (TPSA) is 53.7 Å². The molecule has 1 amide bonds. The summed E-state index contributed by atoms with van der Waals surface area (Å²) in [7, 11) is 0. The van der Waals surface area contributed by atoms with Crippen molar-refractivity contribution in [3.63, 3.8) is 0 Å². The molecule has 1 saturated heterocycles. The number of hydrogen-bond donors (Lipinski definition) is 2. The van der Waals surface area contributed by atoms with Gasteiger partial charge in [-0.15, -0.1) is 0 Å². The average molecular weight is 232 g/mol. The first-order valence-electron chi connectivity index (χ1n) is 6.07.